The molecule has 4 aliphatic rings. The van der Waals surface area contributed by atoms with Gasteiger partial charge in [-0.2, -0.15) is 13.2 Å². The van der Waals surface area contributed by atoms with Crippen molar-refractivity contribution in [1.82, 2.24) is 25.2 Å². The van der Waals surface area contributed by atoms with Gasteiger partial charge in [-0.1, -0.05) is 19.1 Å². The molecule has 3 heterocycles. The van der Waals surface area contributed by atoms with Crippen LogP contribution in [0, 0.1) is 5.92 Å². The van der Waals surface area contributed by atoms with Gasteiger partial charge in [0.15, 0.2) is 0 Å². The highest BCUT2D eigenvalue weighted by Crippen LogP contribution is 2.48. The van der Waals surface area contributed by atoms with Crippen LogP contribution in [0.1, 0.15) is 79.6 Å². The summed E-state index contributed by atoms with van der Waals surface area (Å²) in [5, 5.41) is 5.62. The van der Waals surface area contributed by atoms with E-state index in [0.717, 1.165) is 4.90 Å². The number of carbonyl (C=O) groups excluding carboxylic acids is 4. The van der Waals surface area contributed by atoms with Crippen molar-refractivity contribution in [2.24, 2.45) is 5.92 Å². The molecule has 0 radical (unpaired) electrons. The van der Waals surface area contributed by atoms with Crippen molar-refractivity contribution in [2.45, 2.75) is 132 Å². The highest BCUT2D eigenvalue weighted by molar-refractivity contribution is 7.91. The lowest BCUT2D eigenvalue weighted by atomic mass is 10.0. The van der Waals surface area contributed by atoms with E-state index in [1.807, 2.05) is 0 Å². The third-order valence-corrected chi connectivity index (χ3v) is 13.9. The maximum absolute atomic E-state index is 14.9. The summed E-state index contributed by atoms with van der Waals surface area (Å²) >= 11 is 0. The number of fused-ring (bicyclic) bond motifs is 3. The predicted octanol–water partition coefficient (Wildman–Crippen LogP) is 4.44. The molecule has 4 amide bonds. The normalized spacial score (nSPS) is 28.8. The second-order valence-corrected chi connectivity index (χ2v) is 18.8. The summed E-state index contributed by atoms with van der Waals surface area (Å²) in [7, 11) is -1.20. The summed E-state index contributed by atoms with van der Waals surface area (Å²) in [5.41, 5.74) is -4.18. The number of benzene rings is 1. The smallest absolute Gasteiger partial charge is 0.427 e. The summed E-state index contributed by atoms with van der Waals surface area (Å²) < 4.78 is 97.2. The van der Waals surface area contributed by atoms with Crippen molar-refractivity contribution in [1.29, 1.82) is 0 Å². The van der Waals surface area contributed by atoms with Crippen molar-refractivity contribution in [3.8, 4) is 17.4 Å². The Hall–Kier alpha value is -4.85. The molecule has 3 N–H and O–H groups in total. The number of ether oxygens (including phenoxy) is 5. The Morgan fingerprint density at radius 3 is 2.47 bits per heavy atom. The van der Waals surface area contributed by atoms with E-state index in [0.29, 0.717) is 56.2 Å². The number of aromatic nitrogens is 1. The molecule has 3 fully saturated rings. The second-order valence-electron chi connectivity index (χ2n) is 16.6. The highest BCUT2D eigenvalue weighted by atomic mass is 32.2. The Kier molecular flexibility index (Phi) is 12.3. The van der Waals surface area contributed by atoms with Crippen LogP contribution in [-0.4, -0.2) is 115 Å². The molecule has 20 heteroatoms. The number of allylic oxidation sites excluding steroid dienone is 1. The van der Waals surface area contributed by atoms with Crippen LogP contribution >= 0.6 is 0 Å². The molecule has 1 aromatic carbocycles. The zero-order valence-electron chi connectivity index (χ0n) is 34.5. The molecule has 6 rings (SSSR count). The van der Waals surface area contributed by atoms with Crippen LogP contribution < -0.4 is 29.6 Å². The SMILES string of the molecule is CC[C@@H]1O[C@H](C)CC/C=C\[C@@H]2C[C@@]2(C(=O)NS(=O)(=O)C2(C)CC2)NC(=O)[C@@H]2C[C@@H](Oc3cc(OC)nc4cc(OC)ccc34)CN2C(=O)[C@H]1NC(=O)OC(C)(C)C(F)(F)F. The monoisotopic (exact) mass is 867 g/mol. The van der Waals surface area contributed by atoms with Crippen LogP contribution in [-0.2, 0) is 33.9 Å². The van der Waals surface area contributed by atoms with Crippen LogP contribution in [0.2, 0.25) is 0 Å². The van der Waals surface area contributed by atoms with Gasteiger partial charge >= 0.3 is 12.3 Å². The fourth-order valence-electron chi connectivity index (χ4n) is 7.41. The van der Waals surface area contributed by atoms with Gasteiger partial charge in [-0.3, -0.25) is 19.1 Å². The van der Waals surface area contributed by atoms with Crippen molar-refractivity contribution < 1.29 is 64.5 Å². The summed E-state index contributed by atoms with van der Waals surface area (Å²) in [6, 6.07) is 3.54. The number of hydrogen-bond acceptors (Lipinski definition) is 12. The topological polar surface area (TPSA) is 201 Å². The molecule has 0 unspecified atom stereocenters. The molecule has 2 aliphatic carbocycles. The van der Waals surface area contributed by atoms with Gasteiger partial charge in [-0.15, -0.1) is 0 Å². The first-order chi connectivity index (χ1) is 28.1. The zero-order valence-corrected chi connectivity index (χ0v) is 35.3. The van der Waals surface area contributed by atoms with E-state index < -0.39 is 92.2 Å². The maximum Gasteiger partial charge on any atom is 0.427 e. The molecule has 0 spiro atoms. The van der Waals surface area contributed by atoms with Crippen LogP contribution in [0.25, 0.3) is 10.9 Å². The number of nitrogens with one attached hydrogen (secondary N) is 3. The minimum Gasteiger partial charge on any atom is -0.497 e. The Bertz CT molecular complexity index is 2140. The van der Waals surface area contributed by atoms with Gasteiger partial charge in [-0.05, 0) is 78.4 Å². The molecular weight excluding hydrogens is 816 g/mol. The number of nitrogens with zero attached hydrogens (tertiary/aromatic N) is 2. The van der Waals surface area contributed by atoms with Crippen LogP contribution in [0.15, 0.2) is 36.4 Å². The average molecular weight is 868 g/mol. The van der Waals surface area contributed by atoms with E-state index in [9.17, 15) is 40.8 Å². The van der Waals surface area contributed by atoms with Gasteiger partial charge in [-0.25, -0.2) is 18.2 Å². The number of rotatable bonds is 10. The third kappa shape index (κ3) is 9.08. The van der Waals surface area contributed by atoms with Crippen molar-refractivity contribution in [2.75, 3.05) is 20.8 Å². The van der Waals surface area contributed by atoms with Gasteiger partial charge in [0, 0.05) is 29.9 Å². The number of alkyl carbamates (subject to hydrolysis) is 1. The third-order valence-electron chi connectivity index (χ3n) is 11.8. The van der Waals surface area contributed by atoms with Crippen LogP contribution in [0.3, 0.4) is 0 Å². The first-order valence-electron chi connectivity index (χ1n) is 19.8. The number of methoxy groups -OCH3 is 2. The Labute approximate surface area is 346 Å². The molecule has 1 aromatic heterocycles. The number of alkyl halides is 3. The Morgan fingerprint density at radius 1 is 1.12 bits per heavy atom. The number of hydrogen-bond donors (Lipinski definition) is 3. The van der Waals surface area contributed by atoms with E-state index in [-0.39, 0.29) is 37.4 Å². The van der Waals surface area contributed by atoms with Crippen molar-refractivity contribution >= 4 is 44.7 Å². The van der Waals surface area contributed by atoms with Gasteiger partial charge < -0.3 is 39.2 Å². The summed E-state index contributed by atoms with van der Waals surface area (Å²) in [6.45, 7) is 5.98. The first kappa shape index (κ1) is 44.7. The zero-order chi connectivity index (χ0) is 44.0. The van der Waals surface area contributed by atoms with Crippen LogP contribution in [0.4, 0.5) is 18.0 Å². The molecule has 330 valence electrons. The Balaban J connectivity index is 1.39. The molecule has 1 saturated heterocycles. The molecular formula is C40H52F3N5O11S. The fraction of sp³-hybridized carbons (Fsp3) is 0.625. The minimum atomic E-state index is -4.95. The van der Waals surface area contributed by atoms with E-state index in [2.05, 4.69) is 20.3 Å². The number of halogens is 3. The summed E-state index contributed by atoms with van der Waals surface area (Å²) in [4.78, 5) is 62.2. The molecule has 2 saturated carbocycles. The molecule has 16 nitrogen and oxygen atoms in total. The fourth-order valence-corrected chi connectivity index (χ4v) is 8.72. The predicted molar refractivity (Wildman–Crippen MR) is 210 cm³/mol. The lowest BCUT2D eigenvalue weighted by Gasteiger charge is -2.35. The van der Waals surface area contributed by atoms with E-state index in [4.69, 9.17) is 23.7 Å². The van der Waals surface area contributed by atoms with Crippen molar-refractivity contribution in [3.05, 3.63) is 36.4 Å². The van der Waals surface area contributed by atoms with E-state index in [1.54, 1.807) is 44.2 Å². The molecule has 7 atom stereocenters. The Morgan fingerprint density at radius 2 is 1.83 bits per heavy atom. The largest absolute Gasteiger partial charge is 0.497 e. The lowest BCUT2D eigenvalue weighted by Crippen LogP contribution is -2.61. The highest BCUT2D eigenvalue weighted by Gasteiger charge is 2.63. The minimum absolute atomic E-state index is 0.0646. The number of pyridine rings is 1. The maximum atomic E-state index is 14.9. The molecule has 2 aromatic rings. The van der Waals surface area contributed by atoms with Crippen molar-refractivity contribution in [3.63, 3.8) is 0 Å². The summed E-state index contributed by atoms with van der Waals surface area (Å²) in [6.07, 6.45) is -4.01. The molecule has 60 heavy (non-hydrogen) atoms. The van der Waals surface area contributed by atoms with Gasteiger partial charge in [0.1, 0.15) is 35.2 Å². The first-order valence-corrected chi connectivity index (χ1v) is 21.3. The lowest BCUT2D eigenvalue weighted by molar-refractivity contribution is -0.244. The average Bonchev–Trinajstić information content (AvgIpc) is 4.06. The van der Waals surface area contributed by atoms with Crippen LogP contribution in [0.5, 0.6) is 17.4 Å². The van der Waals surface area contributed by atoms with Gasteiger partial charge in [0.2, 0.25) is 33.3 Å². The number of amides is 4. The van der Waals surface area contributed by atoms with E-state index in [1.165, 1.54) is 27.2 Å². The van der Waals surface area contributed by atoms with Gasteiger partial charge in [0.25, 0.3) is 5.91 Å². The summed E-state index contributed by atoms with van der Waals surface area (Å²) in [5.74, 6) is -2.27. The molecule has 0 bridgehead atoms. The van der Waals surface area contributed by atoms with E-state index >= 15 is 0 Å². The second kappa shape index (κ2) is 16.5. The molecule has 2 aliphatic heterocycles. The quantitative estimate of drug-likeness (QED) is 0.284. The van der Waals surface area contributed by atoms with Gasteiger partial charge in [0.05, 0.1) is 43.2 Å². The standard InChI is InChI=1S/C40H52F3N5O11S/c1-8-29-32(45-36(52)59-37(3,4)40(41,42)43)34(50)48-21-25(58-30-19-31(56-7)44-27-17-24(55-6)13-14-26(27)30)18-28(48)33(49)46-39(20-23(39)12-10-9-11-22(2)57-29)35(51)47-60(53,54)38(5)15-16-38/h10,12-14,17,19,22-23,25,28-29,32H,8-9,11,15-16,18,20-21H2,1-7H3,(H,45,52)(H,46,49)(H,47,51)/b12-10-/t22-,23-,25-,28+,29+,32+,39-/m1/s1. The number of sulfonamides is 1. The number of carbonyl (C=O) groups is 4.